The molecule has 40 heavy (non-hydrogen) atoms. The normalized spacial score (nSPS) is 15.0. The molecule has 5 rings (SSSR count). The third kappa shape index (κ3) is 5.40. The number of halogens is 2. The van der Waals surface area contributed by atoms with Crippen LogP contribution in [0.15, 0.2) is 80.1 Å². The summed E-state index contributed by atoms with van der Waals surface area (Å²) in [5.74, 6) is 0.281. The molecule has 0 spiro atoms. The zero-order valence-corrected chi connectivity index (χ0v) is 23.9. The van der Waals surface area contributed by atoms with Gasteiger partial charge < -0.3 is 13.9 Å². The molecule has 0 radical (unpaired) electrons. The van der Waals surface area contributed by atoms with Crippen molar-refractivity contribution in [3.05, 3.63) is 107 Å². The van der Waals surface area contributed by atoms with Gasteiger partial charge in [0.05, 0.1) is 33.5 Å². The number of thiazole rings is 1. The fourth-order valence-electron chi connectivity index (χ4n) is 4.38. The molecule has 204 valence electrons. The van der Waals surface area contributed by atoms with Gasteiger partial charge in [0.1, 0.15) is 17.3 Å². The average molecular weight is 597 g/mol. The topological polar surface area (TPSA) is 100 Å². The van der Waals surface area contributed by atoms with Gasteiger partial charge in [-0.1, -0.05) is 46.7 Å². The van der Waals surface area contributed by atoms with E-state index in [1.54, 1.807) is 74.5 Å². The number of carbonyl (C=O) groups excluding carboxylic acids is 2. The van der Waals surface area contributed by atoms with Crippen molar-refractivity contribution in [1.29, 1.82) is 0 Å². The summed E-state index contributed by atoms with van der Waals surface area (Å²) in [6, 6.07) is 14.4. The molecule has 1 aliphatic heterocycles. The minimum atomic E-state index is -0.802. The number of rotatable bonds is 6. The molecule has 3 heterocycles. The number of hydrogen-bond donors (Lipinski definition) is 0. The number of furan rings is 1. The van der Waals surface area contributed by atoms with Gasteiger partial charge in [0, 0.05) is 23.6 Å². The summed E-state index contributed by atoms with van der Waals surface area (Å²) >= 11 is 13.5. The second-order valence-electron chi connectivity index (χ2n) is 8.79. The number of ether oxygens (including phenoxy) is 2. The highest BCUT2D eigenvalue weighted by molar-refractivity contribution is 7.07. The zero-order chi connectivity index (χ0) is 28.6. The number of benzene rings is 2. The van der Waals surface area contributed by atoms with Crippen LogP contribution in [0.4, 0.5) is 0 Å². The van der Waals surface area contributed by atoms with E-state index in [9.17, 15) is 14.4 Å². The monoisotopic (exact) mass is 596 g/mol. The van der Waals surface area contributed by atoms with Gasteiger partial charge in [-0.2, -0.15) is 0 Å². The SMILES string of the molecule is CCOC(=O)C1=C(C)N=c2s/c(=C\c3ccc(-c4ccc(Cl)cc4Cl)o3)c(=O)n2C1c1ccc(OC(C)=O)cc1. The molecule has 4 aromatic rings. The van der Waals surface area contributed by atoms with E-state index < -0.39 is 18.0 Å². The van der Waals surface area contributed by atoms with Crippen molar-refractivity contribution in [2.24, 2.45) is 4.99 Å². The first-order valence-electron chi connectivity index (χ1n) is 12.2. The molecule has 11 heteroatoms. The van der Waals surface area contributed by atoms with E-state index in [4.69, 9.17) is 37.1 Å². The van der Waals surface area contributed by atoms with Gasteiger partial charge >= 0.3 is 11.9 Å². The molecule has 0 saturated carbocycles. The molecule has 2 aromatic heterocycles. The summed E-state index contributed by atoms with van der Waals surface area (Å²) in [5, 5.41) is 0.948. The first-order valence-corrected chi connectivity index (χ1v) is 13.8. The summed E-state index contributed by atoms with van der Waals surface area (Å²) in [6.45, 7) is 4.89. The number of esters is 2. The van der Waals surface area contributed by atoms with Crippen LogP contribution >= 0.6 is 34.5 Å². The first-order chi connectivity index (χ1) is 19.2. The van der Waals surface area contributed by atoms with Crippen LogP contribution in [-0.2, 0) is 14.3 Å². The van der Waals surface area contributed by atoms with Gasteiger partial charge in [0.2, 0.25) is 0 Å². The van der Waals surface area contributed by atoms with Crippen molar-refractivity contribution in [1.82, 2.24) is 4.57 Å². The largest absolute Gasteiger partial charge is 0.463 e. The molecule has 0 amide bonds. The Morgan fingerprint density at radius 1 is 1.12 bits per heavy atom. The third-order valence-corrected chi connectivity index (χ3v) is 7.60. The third-order valence-electron chi connectivity index (χ3n) is 6.07. The Hall–Kier alpha value is -3.92. The van der Waals surface area contributed by atoms with Crippen molar-refractivity contribution < 1.29 is 23.5 Å². The van der Waals surface area contributed by atoms with Crippen molar-refractivity contribution >= 4 is 52.6 Å². The zero-order valence-electron chi connectivity index (χ0n) is 21.6. The Morgan fingerprint density at radius 3 is 2.55 bits per heavy atom. The maximum absolute atomic E-state index is 13.8. The highest BCUT2D eigenvalue weighted by Gasteiger charge is 2.33. The second kappa shape index (κ2) is 11.3. The predicted molar refractivity (Wildman–Crippen MR) is 152 cm³/mol. The molecule has 1 aliphatic rings. The summed E-state index contributed by atoms with van der Waals surface area (Å²) < 4.78 is 18.3. The molecule has 0 saturated heterocycles. The van der Waals surface area contributed by atoms with E-state index >= 15 is 0 Å². The molecule has 1 atom stereocenters. The summed E-state index contributed by atoms with van der Waals surface area (Å²) in [7, 11) is 0. The molecular weight excluding hydrogens is 575 g/mol. The Kier molecular flexibility index (Phi) is 7.80. The van der Waals surface area contributed by atoms with E-state index in [0.717, 1.165) is 0 Å². The van der Waals surface area contributed by atoms with E-state index in [0.29, 0.717) is 53.5 Å². The van der Waals surface area contributed by atoms with Gasteiger partial charge in [-0.3, -0.25) is 14.2 Å². The standard InChI is InChI=1S/C29H22Cl2N2O6S/c1-4-37-28(36)25-15(2)32-29-33(26(25)17-5-8-19(9-6-17)38-16(3)34)27(35)24(40-29)14-20-10-12-23(39-20)21-11-7-18(30)13-22(21)31/h5-14,26H,4H2,1-3H3/b24-14-. The number of allylic oxidation sites excluding steroid dienone is 1. The average Bonchev–Trinajstić information content (AvgIpc) is 3.47. The van der Waals surface area contributed by atoms with Crippen LogP contribution in [0.5, 0.6) is 5.75 Å². The van der Waals surface area contributed by atoms with Crippen molar-refractivity contribution in [3.63, 3.8) is 0 Å². The van der Waals surface area contributed by atoms with Crippen LogP contribution in [-0.4, -0.2) is 23.1 Å². The number of aromatic nitrogens is 1. The summed E-state index contributed by atoms with van der Waals surface area (Å²) in [6.07, 6.45) is 1.63. The molecule has 0 bridgehead atoms. The van der Waals surface area contributed by atoms with Crippen molar-refractivity contribution in [2.75, 3.05) is 6.61 Å². The maximum atomic E-state index is 13.8. The quantitative estimate of drug-likeness (QED) is 0.221. The molecule has 1 unspecified atom stereocenters. The Morgan fingerprint density at radius 2 is 1.88 bits per heavy atom. The first kappa shape index (κ1) is 27.6. The smallest absolute Gasteiger partial charge is 0.338 e. The van der Waals surface area contributed by atoms with Crippen molar-refractivity contribution in [3.8, 4) is 17.1 Å². The van der Waals surface area contributed by atoms with E-state index in [1.807, 2.05) is 0 Å². The lowest BCUT2D eigenvalue weighted by Crippen LogP contribution is -2.39. The van der Waals surface area contributed by atoms with Crippen molar-refractivity contribution in [2.45, 2.75) is 26.8 Å². The van der Waals surface area contributed by atoms with Gasteiger partial charge in [0.25, 0.3) is 5.56 Å². The fourth-order valence-corrected chi connectivity index (χ4v) is 5.91. The number of fused-ring (bicyclic) bond motifs is 1. The van der Waals surface area contributed by atoms with Gasteiger partial charge in [-0.05, 0) is 61.9 Å². The van der Waals surface area contributed by atoms with Gasteiger partial charge in [-0.15, -0.1) is 0 Å². The van der Waals surface area contributed by atoms with Crippen LogP contribution in [0.1, 0.15) is 38.1 Å². The van der Waals surface area contributed by atoms with E-state index in [2.05, 4.69) is 4.99 Å². The lowest BCUT2D eigenvalue weighted by atomic mass is 9.96. The number of hydrogen-bond acceptors (Lipinski definition) is 8. The van der Waals surface area contributed by atoms with Gasteiger partial charge in [-0.25, -0.2) is 9.79 Å². The molecule has 8 nitrogen and oxygen atoms in total. The van der Waals surface area contributed by atoms with Crippen LogP contribution in [0.3, 0.4) is 0 Å². The van der Waals surface area contributed by atoms with E-state index in [1.165, 1.54) is 22.8 Å². The lowest BCUT2D eigenvalue weighted by molar-refractivity contribution is -0.139. The Balaban J connectivity index is 1.61. The highest BCUT2D eigenvalue weighted by atomic mass is 35.5. The van der Waals surface area contributed by atoms with E-state index in [-0.39, 0.29) is 17.7 Å². The number of carbonyl (C=O) groups is 2. The second-order valence-corrected chi connectivity index (χ2v) is 10.6. The van der Waals surface area contributed by atoms with Gasteiger partial charge in [0.15, 0.2) is 4.80 Å². The predicted octanol–water partition coefficient (Wildman–Crippen LogP) is 5.29. The molecular formula is C29H22Cl2N2O6S. The van der Waals surface area contributed by atoms with Crippen LogP contribution in [0.2, 0.25) is 10.0 Å². The Labute approximate surface area is 242 Å². The highest BCUT2D eigenvalue weighted by Crippen LogP contribution is 2.33. The van der Waals surface area contributed by atoms with Crippen LogP contribution in [0, 0.1) is 0 Å². The minimum Gasteiger partial charge on any atom is -0.463 e. The van der Waals surface area contributed by atoms with Crippen LogP contribution < -0.4 is 19.6 Å². The minimum absolute atomic E-state index is 0.163. The number of nitrogens with zero attached hydrogens (tertiary/aromatic N) is 2. The molecule has 2 aromatic carbocycles. The maximum Gasteiger partial charge on any atom is 0.338 e. The summed E-state index contributed by atoms with van der Waals surface area (Å²) in [5.41, 5.74) is 1.63. The lowest BCUT2D eigenvalue weighted by Gasteiger charge is -2.24. The molecule has 0 aliphatic carbocycles. The molecule has 0 fully saturated rings. The fraction of sp³-hybridized carbons (Fsp3) is 0.172. The molecule has 0 N–H and O–H groups in total. The van der Waals surface area contributed by atoms with Crippen LogP contribution in [0.25, 0.3) is 17.4 Å². The summed E-state index contributed by atoms with van der Waals surface area (Å²) in [4.78, 5) is 43.2. The Bertz CT molecular complexity index is 1850.